The lowest BCUT2D eigenvalue weighted by atomic mass is 9.87. The highest BCUT2D eigenvalue weighted by Gasteiger charge is 2.13. The molecule has 0 saturated carbocycles. The van der Waals surface area contributed by atoms with Crippen LogP contribution in [-0.2, 0) is 10.2 Å². The zero-order valence-corrected chi connectivity index (χ0v) is 17.9. The first-order chi connectivity index (χ1) is 13.3. The maximum atomic E-state index is 12.0. The van der Waals surface area contributed by atoms with Gasteiger partial charge >= 0.3 is 0 Å². The number of nitrogens with one attached hydrogen (secondary N) is 2. The Morgan fingerprint density at radius 2 is 1.71 bits per heavy atom. The van der Waals surface area contributed by atoms with Gasteiger partial charge in [0, 0.05) is 6.42 Å². The summed E-state index contributed by atoms with van der Waals surface area (Å²) < 4.78 is 5.72. The molecule has 0 aliphatic rings. The number of hydrogen-bond donors (Lipinski definition) is 2. The molecule has 0 fully saturated rings. The van der Waals surface area contributed by atoms with Crippen LogP contribution in [0.2, 0.25) is 0 Å². The number of thiocarbonyl (C=S) groups is 1. The molecule has 2 rings (SSSR count). The third-order valence-corrected chi connectivity index (χ3v) is 4.66. The van der Waals surface area contributed by atoms with Crippen LogP contribution in [-0.4, -0.2) is 17.6 Å². The second-order valence-electron chi connectivity index (χ2n) is 7.88. The van der Waals surface area contributed by atoms with Gasteiger partial charge < -0.3 is 15.4 Å². The van der Waals surface area contributed by atoms with E-state index in [0.717, 1.165) is 11.3 Å². The minimum absolute atomic E-state index is 0.0356. The number of carbonyl (C=O) groups is 1. The molecule has 2 aromatic rings. The molecule has 150 valence electrons. The smallest absolute Gasteiger partial charge is 0.226 e. The topological polar surface area (TPSA) is 50.4 Å². The summed E-state index contributed by atoms with van der Waals surface area (Å²) in [6, 6.07) is 18.1. The Hall–Kier alpha value is -2.40. The van der Waals surface area contributed by atoms with Gasteiger partial charge in [-0.05, 0) is 54.2 Å². The predicted octanol–water partition coefficient (Wildman–Crippen LogP) is 4.90. The second-order valence-corrected chi connectivity index (χ2v) is 8.29. The number of hydrogen-bond acceptors (Lipinski definition) is 3. The maximum Gasteiger partial charge on any atom is 0.226 e. The van der Waals surface area contributed by atoms with Crippen molar-refractivity contribution in [3.8, 4) is 5.75 Å². The van der Waals surface area contributed by atoms with Crippen molar-refractivity contribution in [2.75, 3.05) is 6.61 Å². The van der Waals surface area contributed by atoms with Crippen molar-refractivity contribution in [3.63, 3.8) is 0 Å². The summed E-state index contributed by atoms with van der Waals surface area (Å²) in [6.45, 7) is 9.04. The van der Waals surface area contributed by atoms with Crippen LogP contribution in [0, 0.1) is 0 Å². The summed E-state index contributed by atoms with van der Waals surface area (Å²) in [7, 11) is 0. The number of rotatable bonds is 7. The Morgan fingerprint density at radius 3 is 2.32 bits per heavy atom. The lowest BCUT2D eigenvalue weighted by Gasteiger charge is -2.19. The van der Waals surface area contributed by atoms with Crippen molar-refractivity contribution < 1.29 is 9.53 Å². The van der Waals surface area contributed by atoms with Gasteiger partial charge in [-0.25, -0.2) is 0 Å². The van der Waals surface area contributed by atoms with Gasteiger partial charge in [-0.2, -0.15) is 0 Å². The van der Waals surface area contributed by atoms with Gasteiger partial charge in [0.15, 0.2) is 5.11 Å². The van der Waals surface area contributed by atoms with Crippen LogP contribution in [0.4, 0.5) is 0 Å². The molecule has 0 bridgehead atoms. The summed E-state index contributed by atoms with van der Waals surface area (Å²) in [4.78, 5) is 12.0. The van der Waals surface area contributed by atoms with E-state index in [4.69, 9.17) is 17.0 Å². The molecular weight excluding hydrogens is 368 g/mol. The highest BCUT2D eigenvalue weighted by atomic mass is 32.1. The van der Waals surface area contributed by atoms with Crippen molar-refractivity contribution >= 4 is 23.2 Å². The minimum Gasteiger partial charge on any atom is -0.494 e. The molecule has 1 atom stereocenters. The first kappa shape index (κ1) is 21.9. The molecule has 28 heavy (non-hydrogen) atoms. The number of carbonyl (C=O) groups excluding carboxylic acids is 1. The third-order valence-electron chi connectivity index (χ3n) is 4.44. The summed E-state index contributed by atoms with van der Waals surface area (Å²) in [6.07, 6.45) is 0.991. The molecule has 0 radical (unpaired) electrons. The van der Waals surface area contributed by atoms with Crippen LogP contribution in [0.15, 0.2) is 54.6 Å². The van der Waals surface area contributed by atoms with Gasteiger partial charge in [0.1, 0.15) is 5.75 Å². The first-order valence-corrected chi connectivity index (χ1v) is 10.0. The fourth-order valence-corrected chi connectivity index (χ4v) is 3.01. The predicted molar refractivity (Wildman–Crippen MR) is 119 cm³/mol. The Kier molecular flexibility index (Phi) is 8.00. The van der Waals surface area contributed by atoms with Crippen LogP contribution in [0.1, 0.15) is 57.7 Å². The molecule has 0 aromatic heterocycles. The average Bonchev–Trinajstić information content (AvgIpc) is 2.65. The van der Waals surface area contributed by atoms with Crippen LogP contribution >= 0.6 is 12.2 Å². The van der Waals surface area contributed by atoms with E-state index in [9.17, 15) is 4.79 Å². The first-order valence-electron chi connectivity index (χ1n) is 9.64. The largest absolute Gasteiger partial charge is 0.494 e. The Balaban J connectivity index is 1.66. The van der Waals surface area contributed by atoms with E-state index in [1.807, 2.05) is 49.4 Å². The zero-order chi connectivity index (χ0) is 20.6. The Bertz CT molecular complexity index is 767. The van der Waals surface area contributed by atoms with Crippen molar-refractivity contribution in [2.24, 2.45) is 0 Å². The molecule has 0 spiro atoms. The fourth-order valence-electron chi connectivity index (χ4n) is 2.72. The van der Waals surface area contributed by atoms with E-state index in [1.54, 1.807) is 0 Å². The molecule has 0 aliphatic heterocycles. The zero-order valence-electron chi connectivity index (χ0n) is 17.1. The Morgan fingerprint density at radius 1 is 1.07 bits per heavy atom. The fraction of sp³-hybridized carbons (Fsp3) is 0.391. The summed E-state index contributed by atoms with van der Waals surface area (Å²) in [5, 5.41) is 6.21. The van der Waals surface area contributed by atoms with Gasteiger partial charge in [-0.1, -0.05) is 63.2 Å². The van der Waals surface area contributed by atoms with Crippen LogP contribution in [0.5, 0.6) is 5.75 Å². The lowest BCUT2D eigenvalue weighted by Crippen LogP contribution is -2.40. The highest BCUT2D eigenvalue weighted by molar-refractivity contribution is 7.80. The van der Waals surface area contributed by atoms with Crippen LogP contribution in [0.25, 0.3) is 0 Å². The number of benzene rings is 2. The van der Waals surface area contributed by atoms with Crippen LogP contribution < -0.4 is 15.4 Å². The van der Waals surface area contributed by atoms with Gasteiger partial charge in [-0.15, -0.1) is 0 Å². The van der Waals surface area contributed by atoms with Crippen molar-refractivity contribution in [3.05, 3.63) is 65.7 Å². The van der Waals surface area contributed by atoms with E-state index < -0.39 is 0 Å². The highest BCUT2D eigenvalue weighted by Crippen LogP contribution is 2.24. The summed E-state index contributed by atoms with van der Waals surface area (Å²) >= 11 is 5.23. The molecule has 2 aromatic carbocycles. The van der Waals surface area contributed by atoms with Gasteiger partial charge in [-0.3, -0.25) is 4.79 Å². The average molecular weight is 399 g/mol. The summed E-state index contributed by atoms with van der Waals surface area (Å²) in [5.41, 5.74) is 2.51. The van der Waals surface area contributed by atoms with Crippen molar-refractivity contribution in [2.45, 2.75) is 52.0 Å². The maximum absolute atomic E-state index is 12.0. The van der Waals surface area contributed by atoms with Gasteiger partial charge in [0.05, 0.1) is 12.6 Å². The van der Waals surface area contributed by atoms with Gasteiger partial charge in [0.2, 0.25) is 5.91 Å². The van der Waals surface area contributed by atoms with Crippen molar-refractivity contribution in [1.82, 2.24) is 10.6 Å². The van der Waals surface area contributed by atoms with E-state index >= 15 is 0 Å². The molecule has 2 N–H and O–H groups in total. The number of amides is 1. The van der Waals surface area contributed by atoms with E-state index in [-0.39, 0.29) is 17.4 Å². The van der Waals surface area contributed by atoms with Gasteiger partial charge in [0.25, 0.3) is 0 Å². The molecule has 4 nitrogen and oxygen atoms in total. The molecule has 0 heterocycles. The molecule has 0 aliphatic carbocycles. The monoisotopic (exact) mass is 398 g/mol. The normalized spacial score (nSPS) is 12.1. The standard InChI is InChI=1S/C23H30N2O2S/c1-17(18-9-6-5-7-10-18)24-22(28)25-21(26)11-8-16-27-20-14-12-19(13-15-20)23(2,3)4/h5-7,9-10,12-15,17H,8,11,16H2,1-4H3,(H2,24,25,26,28). The van der Waals surface area contributed by atoms with Crippen molar-refractivity contribution in [1.29, 1.82) is 0 Å². The van der Waals surface area contributed by atoms with E-state index in [1.165, 1.54) is 5.56 Å². The SMILES string of the molecule is CC(NC(=S)NC(=O)CCCOc1ccc(C(C)(C)C)cc1)c1ccccc1. The second kappa shape index (κ2) is 10.2. The molecule has 0 saturated heterocycles. The van der Waals surface area contributed by atoms with E-state index in [0.29, 0.717) is 24.6 Å². The molecule has 5 heteroatoms. The molecular formula is C23H30N2O2S. The third kappa shape index (κ3) is 7.31. The number of ether oxygens (including phenoxy) is 1. The molecule has 1 unspecified atom stereocenters. The summed E-state index contributed by atoms with van der Waals surface area (Å²) in [5.74, 6) is 0.715. The van der Waals surface area contributed by atoms with Crippen LogP contribution in [0.3, 0.4) is 0 Å². The quantitative estimate of drug-likeness (QED) is 0.515. The lowest BCUT2D eigenvalue weighted by molar-refractivity contribution is -0.119. The minimum atomic E-state index is -0.107. The van der Waals surface area contributed by atoms with E-state index in [2.05, 4.69) is 43.5 Å². The molecule has 1 amide bonds. The Labute approximate surface area is 173 Å².